The number of anilines is 1. The Bertz CT molecular complexity index is 591. The first kappa shape index (κ1) is 13.8. The smallest absolute Gasteiger partial charge is 0.240 e. The second-order valence-electron chi connectivity index (χ2n) is 4.88. The summed E-state index contributed by atoms with van der Waals surface area (Å²) in [6, 6.07) is 11.4. The van der Waals surface area contributed by atoms with Crippen LogP contribution in [0.15, 0.2) is 40.9 Å². The highest BCUT2D eigenvalue weighted by atomic mass is 16.5. The van der Waals surface area contributed by atoms with Gasteiger partial charge < -0.3 is 9.26 Å². The van der Waals surface area contributed by atoms with Crippen LogP contribution in [0.4, 0.5) is 5.88 Å². The number of morpholine rings is 1. The fraction of sp³-hybridized carbons (Fsp3) is 0.333. The number of hydrogen-bond acceptors (Lipinski definition) is 5. The van der Waals surface area contributed by atoms with Gasteiger partial charge in [-0.15, -0.1) is 0 Å². The zero-order valence-corrected chi connectivity index (χ0v) is 11.6. The molecule has 3 rings (SSSR count). The van der Waals surface area contributed by atoms with Gasteiger partial charge in [0.1, 0.15) is 5.69 Å². The Balaban J connectivity index is 1.58. The molecule has 21 heavy (non-hydrogen) atoms. The molecule has 0 bridgehead atoms. The minimum absolute atomic E-state index is 0.104. The van der Waals surface area contributed by atoms with E-state index in [1.807, 2.05) is 35.2 Å². The van der Waals surface area contributed by atoms with E-state index in [-0.39, 0.29) is 5.91 Å². The van der Waals surface area contributed by atoms with Crippen molar-refractivity contribution in [3.8, 4) is 11.3 Å². The maximum atomic E-state index is 11.9. The van der Waals surface area contributed by atoms with Crippen LogP contribution in [0, 0.1) is 0 Å². The number of hydrogen-bond donors (Lipinski definition) is 1. The molecule has 2 aromatic rings. The maximum Gasteiger partial charge on any atom is 0.240 e. The predicted octanol–water partition coefficient (Wildman–Crippen LogP) is 1.61. The van der Waals surface area contributed by atoms with E-state index in [1.165, 1.54) is 0 Å². The quantitative estimate of drug-likeness (QED) is 0.925. The van der Waals surface area contributed by atoms with Gasteiger partial charge in [-0.2, -0.15) is 0 Å². The number of ether oxygens (including phenoxy) is 1. The van der Waals surface area contributed by atoms with Crippen LogP contribution in [0.5, 0.6) is 0 Å². The van der Waals surface area contributed by atoms with Gasteiger partial charge in [-0.05, 0) is 0 Å². The van der Waals surface area contributed by atoms with Crippen molar-refractivity contribution >= 4 is 11.8 Å². The molecule has 1 saturated heterocycles. The summed E-state index contributed by atoms with van der Waals surface area (Å²) >= 11 is 0. The molecule has 1 aromatic carbocycles. The molecule has 0 atom stereocenters. The van der Waals surface area contributed by atoms with Crippen molar-refractivity contribution < 1.29 is 14.1 Å². The molecule has 0 spiro atoms. The first-order valence-corrected chi connectivity index (χ1v) is 6.93. The number of aromatic nitrogens is 1. The largest absolute Gasteiger partial charge is 0.379 e. The molecule has 1 aliphatic heterocycles. The van der Waals surface area contributed by atoms with E-state index in [9.17, 15) is 4.79 Å². The summed E-state index contributed by atoms with van der Waals surface area (Å²) in [6.45, 7) is 3.24. The molecule has 0 aliphatic carbocycles. The first-order chi connectivity index (χ1) is 10.3. The summed E-state index contributed by atoms with van der Waals surface area (Å²) in [7, 11) is 0. The number of nitrogens with one attached hydrogen (secondary N) is 1. The van der Waals surface area contributed by atoms with Crippen LogP contribution in [0.2, 0.25) is 0 Å². The molecule has 0 unspecified atom stereocenters. The molecular formula is C15H17N3O3. The monoisotopic (exact) mass is 287 g/mol. The number of amides is 1. The Hall–Kier alpha value is -2.18. The van der Waals surface area contributed by atoms with Crippen molar-refractivity contribution in [2.75, 3.05) is 38.2 Å². The third kappa shape index (κ3) is 3.68. The van der Waals surface area contributed by atoms with Crippen molar-refractivity contribution in [3.05, 3.63) is 36.4 Å². The lowest BCUT2D eigenvalue weighted by molar-refractivity contribution is -0.118. The SMILES string of the molecule is O=C(CN1CCOCC1)Nc1cc(-c2ccccc2)no1. The molecule has 110 valence electrons. The lowest BCUT2D eigenvalue weighted by Crippen LogP contribution is -2.41. The van der Waals surface area contributed by atoms with Gasteiger partial charge in [0.05, 0.1) is 19.8 Å². The molecule has 0 saturated carbocycles. The zero-order chi connectivity index (χ0) is 14.5. The lowest BCUT2D eigenvalue weighted by Gasteiger charge is -2.25. The summed E-state index contributed by atoms with van der Waals surface area (Å²) in [5, 5.41) is 6.69. The highest BCUT2D eigenvalue weighted by Crippen LogP contribution is 2.21. The highest BCUT2D eigenvalue weighted by Gasteiger charge is 2.15. The van der Waals surface area contributed by atoms with Crippen molar-refractivity contribution in [1.29, 1.82) is 0 Å². The first-order valence-electron chi connectivity index (χ1n) is 6.93. The number of carbonyl (C=O) groups excluding carboxylic acids is 1. The van der Waals surface area contributed by atoms with Gasteiger partial charge in [0.15, 0.2) is 0 Å². The zero-order valence-electron chi connectivity index (χ0n) is 11.6. The van der Waals surface area contributed by atoms with Crippen LogP contribution in [-0.2, 0) is 9.53 Å². The van der Waals surface area contributed by atoms with Crippen LogP contribution in [-0.4, -0.2) is 48.8 Å². The maximum absolute atomic E-state index is 11.9. The molecule has 0 radical (unpaired) electrons. The average Bonchev–Trinajstić information content (AvgIpc) is 2.97. The van der Waals surface area contributed by atoms with Gasteiger partial charge in [0, 0.05) is 24.7 Å². The summed E-state index contributed by atoms with van der Waals surface area (Å²) in [4.78, 5) is 14.0. The molecule has 1 aromatic heterocycles. The molecule has 6 nitrogen and oxygen atoms in total. The average molecular weight is 287 g/mol. The summed E-state index contributed by atoms with van der Waals surface area (Å²) in [5.74, 6) is 0.264. The normalized spacial score (nSPS) is 15.8. The Morgan fingerprint density at radius 2 is 2.00 bits per heavy atom. The minimum Gasteiger partial charge on any atom is -0.379 e. The van der Waals surface area contributed by atoms with Gasteiger partial charge >= 0.3 is 0 Å². The van der Waals surface area contributed by atoms with E-state index in [0.29, 0.717) is 31.3 Å². The van der Waals surface area contributed by atoms with Gasteiger partial charge in [0.2, 0.25) is 11.8 Å². The van der Waals surface area contributed by atoms with E-state index in [2.05, 4.69) is 10.5 Å². The highest BCUT2D eigenvalue weighted by molar-refractivity contribution is 5.91. The Kier molecular flexibility index (Phi) is 4.28. The fourth-order valence-electron chi connectivity index (χ4n) is 2.22. The Morgan fingerprint density at radius 3 is 2.76 bits per heavy atom. The van der Waals surface area contributed by atoms with Gasteiger partial charge in [0.25, 0.3) is 0 Å². The molecule has 1 aliphatic rings. The summed E-state index contributed by atoms with van der Waals surface area (Å²) < 4.78 is 10.4. The topological polar surface area (TPSA) is 67.6 Å². The Morgan fingerprint density at radius 1 is 1.24 bits per heavy atom. The van der Waals surface area contributed by atoms with Crippen LogP contribution >= 0.6 is 0 Å². The Labute approximate surface area is 122 Å². The van der Waals surface area contributed by atoms with Crippen LogP contribution in [0.3, 0.4) is 0 Å². The van der Waals surface area contributed by atoms with E-state index in [4.69, 9.17) is 9.26 Å². The third-order valence-corrected chi connectivity index (χ3v) is 3.31. The summed E-state index contributed by atoms with van der Waals surface area (Å²) in [6.07, 6.45) is 0. The number of carbonyl (C=O) groups is 1. The third-order valence-electron chi connectivity index (χ3n) is 3.31. The lowest BCUT2D eigenvalue weighted by atomic mass is 10.2. The number of benzene rings is 1. The van der Waals surface area contributed by atoms with Crippen molar-refractivity contribution in [3.63, 3.8) is 0 Å². The summed E-state index contributed by atoms with van der Waals surface area (Å²) in [5.41, 5.74) is 1.66. The second kappa shape index (κ2) is 6.51. The van der Waals surface area contributed by atoms with Crippen LogP contribution in [0.25, 0.3) is 11.3 Å². The van der Waals surface area contributed by atoms with Gasteiger partial charge in [-0.3, -0.25) is 15.0 Å². The van der Waals surface area contributed by atoms with E-state index < -0.39 is 0 Å². The fourth-order valence-corrected chi connectivity index (χ4v) is 2.22. The molecule has 2 heterocycles. The van der Waals surface area contributed by atoms with Gasteiger partial charge in [-0.1, -0.05) is 35.5 Å². The molecule has 1 amide bonds. The predicted molar refractivity (Wildman–Crippen MR) is 77.8 cm³/mol. The van der Waals surface area contributed by atoms with E-state index in [1.54, 1.807) is 6.07 Å². The molecule has 1 fully saturated rings. The van der Waals surface area contributed by atoms with Crippen molar-refractivity contribution in [1.82, 2.24) is 10.1 Å². The van der Waals surface area contributed by atoms with Crippen molar-refractivity contribution in [2.45, 2.75) is 0 Å². The molecule has 6 heteroatoms. The van der Waals surface area contributed by atoms with Gasteiger partial charge in [-0.25, -0.2) is 0 Å². The number of nitrogens with zero attached hydrogens (tertiary/aromatic N) is 2. The van der Waals surface area contributed by atoms with Crippen molar-refractivity contribution in [2.24, 2.45) is 0 Å². The van der Waals surface area contributed by atoms with Crippen LogP contribution in [0.1, 0.15) is 0 Å². The number of rotatable bonds is 4. The van der Waals surface area contributed by atoms with Crippen LogP contribution < -0.4 is 5.32 Å². The molecule has 1 N–H and O–H groups in total. The van der Waals surface area contributed by atoms with E-state index >= 15 is 0 Å². The van der Waals surface area contributed by atoms with E-state index in [0.717, 1.165) is 18.7 Å². The minimum atomic E-state index is -0.104. The molecular weight excluding hydrogens is 270 g/mol. The second-order valence-corrected chi connectivity index (χ2v) is 4.88. The standard InChI is InChI=1S/C15H17N3O3/c19-14(11-18-6-8-20-9-7-18)16-15-10-13(17-21-15)12-4-2-1-3-5-12/h1-5,10H,6-9,11H2,(H,16,19).